The number of benzene rings is 2. The van der Waals surface area contributed by atoms with Gasteiger partial charge in [0.1, 0.15) is 11.5 Å². The van der Waals surface area contributed by atoms with Crippen LogP contribution in [0.15, 0.2) is 36.4 Å². The summed E-state index contributed by atoms with van der Waals surface area (Å²) in [7, 11) is 1.66. The van der Waals surface area contributed by atoms with Crippen molar-refractivity contribution < 1.29 is 14.3 Å². The van der Waals surface area contributed by atoms with E-state index < -0.39 is 6.10 Å². The molecule has 0 fully saturated rings. The van der Waals surface area contributed by atoms with Crippen LogP contribution >= 0.6 is 0 Å². The molecule has 2 aromatic rings. The molecule has 0 aliphatic heterocycles. The molecule has 0 heterocycles. The predicted octanol–water partition coefficient (Wildman–Crippen LogP) is 4.66. The Labute approximate surface area is 156 Å². The van der Waals surface area contributed by atoms with E-state index in [1.54, 1.807) is 14.0 Å². The molecule has 0 saturated carbocycles. The van der Waals surface area contributed by atoms with Crippen molar-refractivity contribution in [2.45, 2.75) is 53.2 Å². The molecule has 26 heavy (non-hydrogen) atoms. The molecule has 0 saturated heterocycles. The molecule has 2 atom stereocenters. The monoisotopic (exact) mass is 355 g/mol. The number of aryl methyl sites for hydroxylation is 3. The Hall–Kier alpha value is -2.49. The fourth-order valence-electron chi connectivity index (χ4n) is 2.87. The first-order valence-corrected chi connectivity index (χ1v) is 9.04. The Morgan fingerprint density at radius 3 is 2.35 bits per heavy atom. The second kappa shape index (κ2) is 8.75. The quantitative estimate of drug-likeness (QED) is 0.786. The predicted molar refractivity (Wildman–Crippen MR) is 105 cm³/mol. The lowest BCUT2D eigenvalue weighted by Gasteiger charge is -2.22. The molecule has 2 aromatic carbocycles. The lowest BCUT2D eigenvalue weighted by molar-refractivity contribution is -0.128. The molecule has 0 radical (unpaired) electrons. The molecular weight excluding hydrogens is 326 g/mol. The second-order valence-electron chi connectivity index (χ2n) is 6.70. The maximum Gasteiger partial charge on any atom is 0.261 e. The summed E-state index contributed by atoms with van der Waals surface area (Å²) in [6, 6.07) is 11.8. The second-order valence-corrected chi connectivity index (χ2v) is 6.70. The number of nitrogens with one attached hydrogen (secondary N) is 1. The van der Waals surface area contributed by atoms with Crippen molar-refractivity contribution in [2.24, 2.45) is 0 Å². The van der Waals surface area contributed by atoms with Gasteiger partial charge in [-0.2, -0.15) is 0 Å². The van der Waals surface area contributed by atoms with E-state index >= 15 is 0 Å². The van der Waals surface area contributed by atoms with Crippen LogP contribution < -0.4 is 14.8 Å². The molecule has 0 bridgehead atoms. The third-order valence-electron chi connectivity index (χ3n) is 4.71. The van der Waals surface area contributed by atoms with Gasteiger partial charge in [-0.15, -0.1) is 0 Å². The summed E-state index contributed by atoms with van der Waals surface area (Å²) in [4.78, 5) is 12.6. The van der Waals surface area contributed by atoms with Crippen LogP contribution in [0.3, 0.4) is 0 Å². The van der Waals surface area contributed by atoms with Gasteiger partial charge in [0.05, 0.1) is 13.2 Å². The lowest BCUT2D eigenvalue weighted by atomic mass is 10.0. The van der Waals surface area contributed by atoms with Gasteiger partial charge in [-0.25, -0.2) is 0 Å². The average molecular weight is 355 g/mol. The van der Waals surface area contributed by atoms with Gasteiger partial charge in [-0.05, 0) is 74.6 Å². The summed E-state index contributed by atoms with van der Waals surface area (Å²) in [5.74, 6) is 1.44. The number of hydrogen-bond donors (Lipinski definition) is 1. The van der Waals surface area contributed by atoms with Crippen molar-refractivity contribution in [1.29, 1.82) is 0 Å². The average Bonchev–Trinajstić information content (AvgIpc) is 2.62. The molecule has 2 rings (SSSR count). The minimum atomic E-state index is -0.564. The Morgan fingerprint density at radius 1 is 1.04 bits per heavy atom. The van der Waals surface area contributed by atoms with E-state index in [1.807, 2.05) is 44.2 Å². The van der Waals surface area contributed by atoms with Gasteiger partial charge in [-0.3, -0.25) is 4.79 Å². The molecule has 4 nitrogen and oxygen atoms in total. The maximum atomic E-state index is 12.6. The van der Waals surface area contributed by atoms with Crippen LogP contribution in [0.25, 0.3) is 0 Å². The van der Waals surface area contributed by atoms with Gasteiger partial charge in [0.25, 0.3) is 5.91 Å². The smallest absolute Gasteiger partial charge is 0.261 e. The molecule has 0 aliphatic rings. The topological polar surface area (TPSA) is 47.6 Å². The SMILES string of the molecule is CC[C@@H](NC(=O)[C@H](C)Oc1ccc(C)c(C)c1)c1ccc(OC)c(C)c1. The number of carbonyl (C=O) groups is 1. The van der Waals surface area contributed by atoms with Crippen molar-refractivity contribution in [3.05, 3.63) is 58.7 Å². The van der Waals surface area contributed by atoms with E-state index in [4.69, 9.17) is 9.47 Å². The minimum Gasteiger partial charge on any atom is -0.496 e. The highest BCUT2D eigenvalue weighted by molar-refractivity contribution is 5.81. The molecule has 0 unspecified atom stereocenters. The van der Waals surface area contributed by atoms with Crippen LogP contribution in [-0.2, 0) is 4.79 Å². The molecular formula is C22H29NO3. The number of carbonyl (C=O) groups excluding carboxylic acids is 1. The van der Waals surface area contributed by atoms with E-state index in [0.717, 1.165) is 28.9 Å². The lowest BCUT2D eigenvalue weighted by Crippen LogP contribution is -2.38. The third kappa shape index (κ3) is 4.78. The highest BCUT2D eigenvalue weighted by atomic mass is 16.5. The zero-order valence-corrected chi connectivity index (χ0v) is 16.6. The van der Waals surface area contributed by atoms with E-state index in [9.17, 15) is 4.79 Å². The Bertz CT molecular complexity index is 770. The number of hydrogen-bond acceptors (Lipinski definition) is 3. The van der Waals surface area contributed by atoms with E-state index in [-0.39, 0.29) is 11.9 Å². The first kappa shape index (κ1) is 19.8. The molecule has 0 aliphatic carbocycles. The van der Waals surface area contributed by atoms with Crippen molar-refractivity contribution in [3.8, 4) is 11.5 Å². The summed E-state index contributed by atoms with van der Waals surface area (Å²) in [6.07, 6.45) is 0.235. The largest absolute Gasteiger partial charge is 0.496 e. The minimum absolute atomic E-state index is 0.0575. The van der Waals surface area contributed by atoms with E-state index in [1.165, 1.54) is 5.56 Å². The number of rotatable bonds is 7. The molecule has 0 spiro atoms. The number of methoxy groups -OCH3 is 1. The van der Waals surface area contributed by atoms with Crippen LogP contribution in [0.4, 0.5) is 0 Å². The zero-order valence-electron chi connectivity index (χ0n) is 16.6. The molecule has 140 valence electrons. The molecule has 0 aromatic heterocycles. The summed E-state index contributed by atoms with van der Waals surface area (Å²) in [5.41, 5.74) is 4.47. The molecule has 4 heteroatoms. The van der Waals surface area contributed by atoms with Crippen molar-refractivity contribution in [2.75, 3.05) is 7.11 Å². The van der Waals surface area contributed by atoms with Gasteiger partial charge >= 0.3 is 0 Å². The maximum absolute atomic E-state index is 12.6. The Morgan fingerprint density at radius 2 is 1.77 bits per heavy atom. The van der Waals surface area contributed by atoms with Crippen LogP contribution in [-0.4, -0.2) is 19.1 Å². The summed E-state index contributed by atoms with van der Waals surface area (Å²) in [5, 5.41) is 3.09. The van der Waals surface area contributed by atoms with Gasteiger partial charge in [0.15, 0.2) is 6.10 Å². The first-order valence-electron chi connectivity index (χ1n) is 9.04. The first-order chi connectivity index (χ1) is 12.3. The van der Waals surface area contributed by atoms with Crippen molar-refractivity contribution in [3.63, 3.8) is 0 Å². The van der Waals surface area contributed by atoms with Gasteiger partial charge < -0.3 is 14.8 Å². The summed E-state index contributed by atoms with van der Waals surface area (Å²) < 4.78 is 11.1. The molecule has 1 N–H and O–H groups in total. The Kier molecular flexibility index (Phi) is 6.67. The van der Waals surface area contributed by atoms with Crippen LogP contribution in [0.5, 0.6) is 11.5 Å². The summed E-state index contributed by atoms with van der Waals surface area (Å²) >= 11 is 0. The van der Waals surface area contributed by atoms with Crippen molar-refractivity contribution in [1.82, 2.24) is 5.32 Å². The van der Waals surface area contributed by atoms with E-state index in [0.29, 0.717) is 5.75 Å². The highest BCUT2D eigenvalue weighted by Gasteiger charge is 2.20. The summed E-state index contributed by atoms with van der Waals surface area (Å²) in [6.45, 7) is 9.92. The highest BCUT2D eigenvalue weighted by Crippen LogP contribution is 2.24. The molecule has 1 amide bonds. The third-order valence-corrected chi connectivity index (χ3v) is 4.71. The number of amides is 1. The van der Waals surface area contributed by atoms with Crippen LogP contribution in [0, 0.1) is 20.8 Å². The van der Waals surface area contributed by atoms with Gasteiger partial charge in [0.2, 0.25) is 0 Å². The normalized spacial score (nSPS) is 13.0. The zero-order chi connectivity index (χ0) is 19.3. The van der Waals surface area contributed by atoms with Crippen LogP contribution in [0.2, 0.25) is 0 Å². The Balaban J connectivity index is 2.05. The van der Waals surface area contributed by atoms with Gasteiger partial charge in [0, 0.05) is 0 Å². The fourth-order valence-corrected chi connectivity index (χ4v) is 2.87. The van der Waals surface area contributed by atoms with E-state index in [2.05, 4.69) is 25.2 Å². The fraction of sp³-hybridized carbons (Fsp3) is 0.409. The van der Waals surface area contributed by atoms with Gasteiger partial charge in [-0.1, -0.05) is 25.1 Å². The number of ether oxygens (including phenoxy) is 2. The standard InChI is InChI=1S/C22H29NO3/c1-7-20(18-9-11-21(25-6)16(4)12-18)23-22(24)17(5)26-19-10-8-14(2)15(3)13-19/h8-13,17,20H,7H2,1-6H3,(H,23,24)/t17-,20+/m0/s1. The van der Waals surface area contributed by atoms with Crippen molar-refractivity contribution >= 4 is 5.91 Å². The van der Waals surface area contributed by atoms with Crippen LogP contribution in [0.1, 0.15) is 48.6 Å².